The molecule has 8 heteroatoms. The van der Waals surface area contributed by atoms with Gasteiger partial charge in [0.2, 0.25) is 15.9 Å². The SMILES string of the molecule is Cl.N[C@@H]1CCC[C@H]1CC(=O)NCc1cccc(S(=O)(=O)N2CCCCC2)c1. The molecule has 0 bridgehead atoms. The van der Waals surface area contributed by atoms with E-state index in [2.05, 4.69) is 5.32 Å². The van der Waals surface area contributed by atoms with E-state index in [9.17, 15) is 13.2 Å². The van der Waals surface area contributed by atoms with Crippen LogP contribution >= 0.6 is 12.4 Å². The van der Waals surface area contributed by atoms with Crippen molar-refractivity contribution in [1.82, 2.24) is 9.62 Å². The van der Waals surface area contributed by atoms with E-state index in [1.54, 1.807) is 22.5 Å². The van der Waals surface area contributed by atoms with Crippen LogP contribution < -0.4 is 11.1 Å². The summed E-state index contributed by atoms with van der Waals surface area (Å²) in [6.07, 6.45) is 6.47. The number of carbonyl (C=O) groups excluding carboxylic acids is 1. The molecule has 1 aliphatic heterocycles. The second-order valence-electron chi connectivity index (χ2n) is 7.45. The summed E-state index contributed by atoms with van der Waals surface area (Å²) in [6.45, 7) is 1.51. The predicted octanol–water partition coefficient (Wildman–Crippen LogP) is 2.42. The molecule has 2 atom stereocenters. The van der Waals surface area contributed by atoms with E-state index in [4.69, 9.17) is 5.73 Å². The standard InChI is InChI=1S/C19H29N3O3S.ClH/c20-18-9-5-7-16(18)13-19(23)21-14-15-6-4-8-17(12-15)26(24,25)22-10-2-1-3-11-22;/h4,6,8,12,16,18H,1-3,5,7,9-11,13-14,20H2,(H,21,23);1H/t16-,18+;/m0./s1. The van der Waals surface area contributed by atoms with E-state index in [1.165, 1.54) is 0 Å². The fourth-order valence-electron chi connectivity index (χ4n) is 3.90. The molecule has 1 amide bonds. The van der Waals surface area contributed by atoms with Crippen LogP contribution in [-0.2, 0) is 21.4 Å². The molecule has 1 saturated heterocycles. The van der Waals surface area contributed by atoms with E-state index in [1.807, 2.05) is 6.07 Å². The molecule has 2 fully saturated rings. The van der Waals surface area contributed by atoms with E-state index < -0.39 is 10.0 Å². The quantitative estimate of drug-likeness (QED) is 0.746. The second kappa shape index (κ2) is 9.87. The zero-order chi connectivity index (χ0) is 18.6. The Hall–Kier alpha value is -1.15. The summed E-state index contributed by atoms with van der Waals surface area (Å²) in [5, 5.41) is 2.90. The molecule has 2 aliphatic rings. The Labute approximate surface area is 168 Å². The molecule has 0 radical (unpaired) electrons. The maximum Gasteiger partial charge on any atom is 0.243 e. The minimum Gasteiger partial charge on any atom is -0.352 e. The van der Waals surface area contributed by atoms with Crippen molar-refractivity contribution < 1.29 is 13.2 Å². The van der Waals surface area contributed by atoms with Gasteiger partial charge in [-0.25, -0.2) is 8.42 Å². The third-order valence-electron chi connectivity index (χ3n) is 5.51. The van der Waals surface area contributed by atoms with Crippen molar-refractivity contribution in [3.05, 3.63) is 29.8 Å². The fraction of sp³-hybridized carbons (Fsp3) is 0.632. The Morgan fingerprint density at radius 1 is 1.15 bits per heavy atom. The molecule has 1 saturated carbocycles. The molecule has 152 valence electrons. The van der Waals surface area contributed by atoms with Crippen molar-refractivity contribution in [2.24, 2.45) is 11.7 Å². The number of hydrogen-bond acceptors (Lipinski definition) is 4. The van der Waals surface area contributed by atoms with Crippen molar-refractivity contribution in [3.63, 3.8) is 0 Å². The van der Waals surface area contributed by atoms with Gasteiger partial charge >= 0.3 is 0 Å². The minimum atomic E-state index is -3.44. The molecule has 1 aromatic rings. The normalized spacial score (nSPS) is 23.6. The summed E-state index contributed by atoms with van der Waals surface area (Å²) in [5.74, 6) is 0.248. The Morgan fingerprint density at radius 3 is 2.56 bits per heavy atom. The summed E-state index contributed by atoms with van der Waals surface area (Å²) in [4.78, 5) is 12.5. The van der Waals surface area contributed by atoms with Crippen LogP contribution in [0.2, 0.25) is 0 Å². The lowest BCUT2D eigenvalue weighted by molar-refractivity contribution is -0.122. The first-order valence-electron chi connectivity index (χ1n) is 9.58. The lowest BCUT2D eigenvalue weighted by atomic mass is 10.00. The van der Waals surface area contributed by atoms with Crippen molar-refractivity contribution in [2.45, 2.75) is 62.4 Å². The smallest absolute Gasteiger partial charge is 0.243 e. The van der Waals surface area contributed by atoms with Crippen molar-refractivity contribution >= 4 is 28.3 Å². The van der Waals surface area contributed by atoms with E-state index in [0.717, 1.165) is 44.1 Å². The van der Waals surface area contributed by atoms with Gasteiger partial charge in [0.1, 0.15) is 0 Å². The summed E-state index contributed by atoms with van der Waals surface area (Å²) in [6, 6.07) is 7.01. The van der Waals surface area contributed by atoms with E-state index >= 15 is 0 Å². The van der Waals surface area contributed by atoms with Crippen LogP contribution in [0.4, 0.5) is 0 Å². The average Bonchev–Trinajstić information content (AvgIpc) is 3.05. The second-order valence-corrected chi connectivity index (χ2v) is 9.39. The van der Waals surface area contributed by atoms with Gasteiger partial charge in [-0.05, 0) is 49.3 Å². The van der Waals surface area contributed by atoms with Gasteiger partial charge in [0, 0.05) is 32.1 Å². The van der Waals surface area contributed by atoms with Crippen LogP contribution in [0.3, 0.4) is 0 Å². The largest absolute Gasteiger partial charge is 0.352 e. The first kappa shape index (κ1) is 22.1. The van der Waals surface area contributed by atoms with Crippen LogP contribution in [-0.4, -0.2) is 37.8 Å². The molecule has 3 N–H and O–H groups in total. The molecule has 0 spiro atoms. The number of piperidine rings is 1. The summed E-state index contributed by atoms with van der Waals surface area (Å²) < 4.78 is 27.1. The minimum absolute atomic E-state index is 0. The molecular formula is C19H30ClN3O3S. The number of halogens is 1. The number of nitrogens with one attached hydrogen (secondary N) is 1. The number of sulfonamides is 1. The third kappa shape index (κ3) is 5.67. The molecule has 27 heavy (non-hydrogen) atoms. The monoisotopic (exact) mass is 415 g/mol. The van der Waals surface area contributed by atoms with Crippen LogP contribution in [0, 0.1) is 5.92 Å². The molecule has 1 aromatic carbocycles. The number of benzene rings is 1. The highest BCUT2D eigenvalue weighted by atomic mass is 35.5. The van der Waals surface area contributed by atoms with Gasteiger partial charge in [-0.2, -0.15) is 4.31 Å². The number of hydrogen-bond donors (Lipinski definition) is 2. The Kier molecular flexibility index (Phi) is 8.09. The van der Waals surface area contributed by atoms with Crippen LogP contribution in [0.5, 0.6) is 0 Å². The first-order chi connectivity index (χ1) is 12.5. The summed E-state index contributed by atoms with van der Waals surface area (Å²) >= 11 is 0. The van der Waals surface area contributed by atoms with Crippen LogP contribution in [0.1, 0.15) is 50.5 Å². The number of carbonyl (C=O) groups is 1. The lowest BCUT2D eigenvalue weighted by Gasteiger charge is -2.26. The lowest BCUT2D eigenvalue weighted by Crippen LogP contribution is -2.35. The van der Waals surface area contributed by atoms with Crippen molar-refractivity contribution in [3.8, 4) is 0 Å². The molecule has 3 rings (SSSR count). The predicted molar refractivity (Wildman–Crippen MR) is 108 cm³/mol. The van der Waals surface area contributed by atoms with E-state index in [0.29, 0.717) is 31.0 Å². The first-order valence-corrected chi connectivity index (χ1v) is 11.0. The van der Waals surface area contributed by atoms with Gasteiger partial charge in [0.05, 0.1) is 4.90 Å². The Balaban J connectivity index is 0.00000261. The number of nitrogens with two attached hydrogens (primary N) is 1. The van der Waals surface area contributed by atoms with Gasteiger partial charge in [-0.1, -0.05) is 25.0 Å². The van der Waals surface area contributed by atoms with E-state index in [-0.39, 0.29) is 30.3 Å². The molecule has 1 heterocycles. The van der Waals surface area contributed by atoms with Gasteiger partial charge in [0.25, 0.3) is 0 Å². The van der Waals surface area contributed by atoms with Gasteiger partial charge in [0.15, 0.2) is 0 Å². The number of amides is 1. The maximum atomic E-state index is 12.8. The van der Waals surface area contributed by atoms with Crippen LogP contribution in [0.15, 0.2) is 29.2 Å². The Morgan fingerprint density at radius 2 is 1.89 bits per heavy atom. The average molecular weight is 416 g/mol. The molecular weight excluding hydrogens is 386 g/mol. The summed E-state index contributed by atoms with van der Waals surface area (Å²) in [5.41, 5.74) is 6.82. The van der Waals surface area contributed by atoms with Gasteiger partial charge in [-0.3, -0.25) is 4.79 Å². The highest BCUT2D eigenvalue weighted by molar-refractivity contribution is 7.89. The number of nitrogens with zero attached hydrogens (tertiary/aromatic N) is 1. The fourth-order valence-corrected chi connectivity index (χ4v) is 5.49. The van der Waals surface area contributed by atoms with Crippen molar-refractivity contribution in [1.29, 1.82) is 0 Å². The highest BCUT2D eigenvalue weighted by Crippen LogP contribution is 2.26. The van der Waals surface area contributed by atoms with Crippen LogP contribution in [0.25, 0.3) is 0 Å². The number of rotatable bonds is 6. The molecule has 6 nitrogen and oxygen atoms in total. The van der Waals surface area contributed by atoms with Gasteiger partial charge in [-0.15, -0.1) is 12.4 Å². The molecule has 0 unspecified atom stereocenters. The Bertz CT molecular complexity index is 735. The van der Waals surface area contributed by atoms with Gasteiger partial charge < -0.3 is 11.1 Å². The third-order valence-corrected chi connectivity index (χ3v) is 7.40. The summed E-state index contributed by atoms with van der Waals surface area (Å²) in [7, 11) is -3.44. The highest BCUT2D eigenvalue weighted by Gasteiger charge is 2.27. The molecule has 1 aliphatic carbocycles. The van der Waals surface area contributed by atoms with Crippen molar-refractivity contribution in [2.75, 3.05) is 13.1 Å². The topological polar surface area (TPSA) is 92.5 Å². The zero-order valence-corrected chi connectivity index (χ0v) is 17.2. The molecule has 0 aromatic heterocycles. The maximum absolute atomic E-state index is 12.8. The zero-order valence-electron chi connectivity index (χ0n) is 15.6.